The third-order valence-electron chi connectivity index (χ3n) is 2.08. The van der Waals surface area contributed by atoms with Gasteiger partial charge in [-0.1, -0.05) is 23.7 Å². The molecular formula is C10H7ClF3NO2. The van der Waals surface area contributed by atoms with Crippen molar-refractivity contribution < 1.29 is 23.4 Å². The minimum Gasteiger partial charge on any atom is -0.384 e. The molecule has 7 heteroatoms. The molecule has 0 aliphatic heterocycles. The van der Waals surface area contributed by atoms with Crippen molar-refractivity contribution in [2.24, 2.45) is 0 Å². The van der Waals surface area contributed by atoms with E-state index in [-0.39, 0.29) is 5.56 Å². The van der Waals surface area contributed by atoms with Gasteiger partial charge in [-0.05, 0) is 6.07 Å². The zero-order valence-electron chi connectivity index (χ0n) is 8.24. The van der Waals surface area contributed by atoms with E-state index in [9.17, 15) is 18.3 Å². The molecular weight excluding hydrogens is 259 g/mol. The van der Waals surface area contributed by atoms with Crippen molar-refractivity contribution in [3.05, 3.63) is 34.3 Å². The number of halogens is 4. The van der Waals surface area contributed by atoms with Gasteiger partial charge in [0.25, 0.3) is 0 Å². The molecule has 0 aromatic heterocycles. The second-order valence-electron chi connectivity index (χ2n) is 3.23. The Morgan fingerprint density at radius 3 is 2.35 bits per heavy atom. The summed E-state index contributed by atoms with van der Waals surface area (Å²) in [7, 11) is 0. The zero-order chi connectivity index (χ0) is 13.2. The summed E-state index contributed by atoms with van der Waals surface area (Å²) in [5, 5.41) is 26.1. The molecule has 0 bridgehead atoms. The van der Waals surface area contributed by atoms with Gasteiger partial charge in [0.15, 0.2) is 6.10 Å². The van der Waals surface area contributed by atoms with E-state index in [1.165, 1.54) is 6.07 Å². The number of hydrogen-bond donors (Lipinski definition) is 2. The molecule has 0 spiro atoms. The molecule has 1 aromatic carbocycles. The fourth-order valence-electron chi connectivity index (χ4n) is 1.24. The first-order valence-corrected chi connectivity index (χ1v) is 4.78. The molecule has 0 amide bonds. The second kappa shape index (κ2) is 4.92. The van der Waals surface area contributed by atoms with E-state index in [1.807, 2.05) is 0 Å². The lowest BCUT2D eigenvalue weighted by atomic mass is 10.0. The molecule has 1 aromatic rings. The average molecular weight is 266 g/mol. The van der Waals surface area contributed by atoms with Crippen LogP contribution in [0.1, 0.15) is 17.2 Å². The van der Waals surface area contributed by atoms with E-state index in [4.69, 9.17) is 22.0 Å². The monoisotopic (exact) mass is 265 g/mol. The Morgan fingerprint density at radius 1 is 1.29 bits per heavy atom. The Bertz CT molecular complexity index is 456. The molecule has 3 nitrogen and oxygen atoms in total. The highest BCUT2D eigenvalue weighted by Gasteiger charge is 2.35. The fourth-order valence-corrected chi connectivity index (χ4v) is 1.58. The van der Waals surface area contributed by atoms with Crippen molar-refractivity contribution in [1.29, 1.82) is 5.26 Å². The molecule has 17 heavy (non-hydrogen) atoms. The number of hydrogen-bond acceptors (Lipinski definition) is 3. The normalized spacial score (nSPS) is 15.1. The Hall–Kier alpha value is -1.29. The highest BCUT2D eigenvalue weighted by molar-refractivity contribution is 6.32. The van der Waals surface area contributed by atoms with Crippen LogP contribution < -0.4 is 0 Å². The van der Waals surface area contributed by atoms with Gasteiger partial charge in [0.05, 0.1) is 16.7 Å². The number of alkyl halides is 3. The first-order chi connectivity index (χ1) is 7.79. The average Bonchev–Trinajstić information content (AvgIpc) is 2.25. The lowest BCUT2D eigenvalue weighted by Crippen LogP contribution is -2.17. The van der Waals surface area contributed by atoms with Crippen molar-refractivity contribution in [2.75, 3.05) is 0 Å². The maximum atomic E-state index is 12.5. The fraction of sp³-hybridized carbons (Fsp3) is 0.300. The summed E-state index contributed by atoms with van der Waals surface area (Å²) in [6.07, 6.45) is -8.28. The van der Waals surface area contributed by atoms with E-state index < -0.39 is 29.0 Å². The minimum absolute atomic E-state index is 0.337. The number of nitrogens with zero attached hydrogens (tertiary/aromatic N) is 1. The third-order valence-corrected chi connectivity index (χ3v) is 2.51. The molecule has 2 atom stereocenters. The SMILES string of the molecule is N#CC(O)C(O)c1cccc(C(F)(F)F)c1Cl. The van der Waals surface area contributed by atoms with Gasteiger partial charge in [-0.15, -0.1) is 0 Å². The molecule has 0 heterocycles. The molecule has 1 rings (SSSR count). The van der Waals surface area contributed by atoms with Crippen molar-refractivity contribution in [3.63, 3.8) is 0 Å². The van der Waals surface area contributed by atoms with Gasteiger partial charge in [-0.3, -0.25) is 0 Å². The largest absolute Gasteiger partial charge is 0.417 e. The molecule has 0 aliphatic carbocycles. The number of benzene rings is 1. The number of nitriles is 1. The Balaban J connectivity index is 3.25. The Morgan fingerprint density at radius 2 is 1.88 bits per heavy atom. The lowest BCUT2D eigenvalue weighted by molar-refractivity contribution is -0.137. The lowest BCUT2D eigenvalue weighted by Gasteiger charge is -2.17. The summed E-state index contributed by atoms with van der Waals surface area (Å²) in [6, 6.07) is 4.21. The van der Waals surface area contributed by atoms with Crippen LogP contribution in [0.25, 0.3) is 0 Å². The van der Waals surface area contributed by atoms with Crippen LogP contribution in [-0.4, -0.2) is 16.3 Å². The molecule has 0 aliphatic rings. The van der Waals surface area contributed by atoms with Gasteiger partial charge in [-0.2, -0.15) is 18.4 Å². The van der Waals surface area contributed by atoms with Crippen LogP contribution in [0.3, 0.4) is 0 Å². The van der Waals surface area contributed by atoms with E-state index >= 15 is 0 Å². The van der Waals surface area contributed by atoms with Gasteiger partial charge in [0.2, 0.25) is 0 Å². The molecule has 2 unspecified atom stereocenters. The summed E-state index contributed by atoms with van der Waals surface area (Å²) in [4.78, 5) is 0. The molecule has 0 saturated carbocycles. The summed E-state index contributed by atoms with van der Waals surface area (Å²) >= 11 is 5.49. The maximum Gasteiger partial charge on any atom is 0.417 e. The van der Waals surface area contributed by atoms with Gasteiger partial charge >= 0.3 is 6.18 Å². The summed E-state index contributed by atoms with van der Waals surface area (Å²) < 4.78 is 37.4. The van der Waals surface area contributed by atoms with E-state index in [0.717, 1.165) is 18.2 Å². The van der Waals surface area contributed by atoms with Crippen molar-refractivity contribution in [2.45, 2.75) is 18.4 Å². The molecule has 0 radical (unpaired) electrons. The number of aliphatic hydroxyl groups is 2. The molecule has 0 fully saturated rings. The van der Waals surface area contributed by atoms with Crippen LogP contribution in [0.5, 0.6) is 0 Å². The van der Waals surface area contributed by atoms with Gasteiger partial charge in [-0.25, -0.2) is 0 Å². The highest BCUT2D eigenvalue weighted by Crippen LogP contribution is 2.38. The maximum absolute atomic E-state index is 12.5. The van der Waals surface area contributed by atoms with Crippen LogP contribution in [-0.2, 0) is 6.18 Å². The Kier molecular flexibility index (Phi) is 3.98. The van der Waals surface area contributed by atoms with E-state index in [2.05, 4.69) is 0 Å². The zero-order valence-corrected chi connectivity index (χ0v) is 9.00. The van der Waals surface area contributed by atoms with Crippen LogP contribution in [0.15, 0.2) is 18.2 Å². The standard InChI is InChI=1S/C10H7ClF3NO2/c11-8-5(9(17)7(16)4-15)2-1-3-6(8)10(12,13)14/h1-3,7,9,16-17H. The predicted molar refractivity (Wildman–Crippen MR) is 53.0 cm³/mol. The predicted octanol–water partition coefficient (Wildman–Crippen LogP) is 2.28. The van der Waals surface area contributed by atoms with Crippen LogP contribution in [0.2, 0.25) is 5.02 Å². The smallest absolute Gasteiger partial charge is 0.384 e. The van der Waals surface area contributed by atoms with Crippen molar-refractivity contribution in [1.82, 2.24) is 0 Å². The van der Waals surface area contributed by atoms with Gasteiger partial charge < -0.3 is 10.2 Å². The number of aliphatic hydroxyl groups excluding tert-OH is 2. The minimum atomic E-state index is -4.66. The van der Waals surface area contributed by atoms with Crippen LogP contribution >= 0.6 is 11.6 Å². The quantitative estimate of drug-likeness (QED) is 0.806. The van der Waals surface area contributed by atoms with Gasteiger partial charge in [0, 0.05) is 5.56 Å². The molecule has 92 valence electrons. The summed E-state index contributed by atoms with van der Waals surface area (Å²) in [5.41, 5.74) is -1.46. The van der Waals surface area contributed by atoms with E-state index in [0.29, 0.717) is 0 Å². The second-order valence-corrected chi connectivity index (χ2v) is 3.60. The van der Waals surface area contributed by atoms with Crippen LogP contribution in [0, 0.1) is 11.3 Å². The highest BCUT2D eigenvalue weighted by atomic mass is 35.5. The third kappa shape index (κ3) is 2.88. The van der Waals surface area contributed by atoms with Crippen molar-refractivity contribution in [3.8, 4) is 6.07 Å². The topological polar surface area (TPSA) is 64.2 Å². The van der Waals surface area contributed by atoms with Crippen molar-refractivity contribution >= 4 is 11.6 Å². The molecule has 2 N–H and O–H groups in total. The first-order valence-electron chi connectivity index (χ1n) is 4.40. The van der Waals surface area contributed by atoms with Gasteiger partial charge in [0.1, 0.15) is 6.10 Å². The summed E-state index contributed by atoms with van der Waals surface area (Å²) in [5.74, 6) is 0. The summed E-state index contributed by atoms with van der Waals surface area (Å²) in [6.45, 7) is 0. The van der Waals surface area contributed by atoms with Crippen LogP contribution in [0.4, 0.5) is 13.2 Å². The number of rotatable bonds is 2. The van der Waals surface area contributed by atoms with E-state index in [1.54, 1.807) is 0 Å². The Labute approximate surface area is 99.7 Å². The molecule has 0 saturated heterocycles. The first kappa shape index (κ1) is 13.8.